The van der Waals surface area contributed by atoms with Gasteiger partial charge >= 0.3 is 12.1 Å². The lowest BCUT2D eigenvalue weighted by Gasteiger charge is -2.34. The molecule has 8 heteroatoms. The third-order valence-electron chi connectivity index (χ3n) is 4.75. The molecule has 1 saturated heterocycles. The van der Waals surface area contributed by atoms with Gasteiger partial charge in [-0.3, -0.25) is 9.69 Å². The number of carbonyl (C=O) groups is 1. The zero-order valence-corrected chi connectivity index (χ0v) is 15.5. The normalized spacial score (nSPS) is 19.2. The van der Waals surface area contributed by atoms with Crippen LogP contribution in [-0.2, 0) is 11.0 Å². The maximum absolute atomic E-state index is 13.7. The van der Waals surface area contributed by atoms with Crippen LogP contribution in [0, 0.1) is 0 Å². The highest BCUT2D eigenvalue weighted by atomic mass is 35.5. The molecule has 2 atom stereocenters. The maximum Gasteiger partial charge on any atom is 0.416 e. The Morgan fingerprint density at radius 2 is 1.78 bits per heavy atom. The van der Waals surface area contributed by atoms with Gasteiger partial charge in [-0.1, -0.05) is 53.5 Å². The molecule has 2 aromatic rings. The highest BCUT2D eigenvalue weighted by Gasteiger charge is 2.42. The van der Waals surface area contributed by atoms with E-state index in [9.17, 15) is 23.1 Å². The van der Waals surface area contributed by atoms with Gasteiger partial charge in [-0.15, -0.1) is 0 Å². The molecule has 3 nitrogen and oxygen atoms in total. The quantitative estimate of drug-likeness (QED) is 0.698. The molecule has 2 unspecified atom stereocenters. The van der Waals surface area contributed by atoms with Crippen molar-refractivity contribution < 1.29 is 23.1 Å². The smallest absolute Gasteiger partial charge is 0.416 e. The van der Waals surface area contributed by atoms with Crippen LogP contribution < -0.4 is 0 Å². The summed E-state index contributed by atoms with van der Waals surface area (Å²) in [4.78, 5) is 13.2. The number of halogens is 5. The van der Waals surface area contributed by atoms with Crippen LogP contribution in [0.3, 0.4) is 0 Å². The van der Waals surface area contributed by atoms with Crippen LogP contribution in [-0.4, -0.2) is 28.6 Å². The zero-order chi connectivity index (χ0) is 19.8. The third kappa shape index (κ3) is 3.93. The van der Waals surface area contributed by atoms with Gasteiger partial charge in [-0.2, -0.15) is 13.2 Å². The molecule has 1 N–H and O–H groups in total. The van der Waals surface area contributed by atoms with Crippen LogP contribution in [0.25, 0.3) is 0 Å². The second-order valence-electron chi connectivity index (χ2n) is 6.36. The number of hydrogen-bond acceptors (Lipinski definition) is 2. The minimum absolute atomic E-state index is 0.0395. The summed E-state index contributed by atoms with van der Waals surface area (Å²) in [5.41, 5.74) is -0.501. The minimum atomic E-state index is -4.58. The second kappa shape index (κ2) is 7.70. The van der Waals surface area contributed by atoms with E-state index in [-0.39, 0.29) is 15.6 Å². The van der Waals surface area contributed by atoms with Crippen LogP contribution in [0.15, 0.2) is 42.5 Å². The molecule has 3 rings (SSSR count). The first-order valence-corrected chi connectivity index (χ1v) is 9.06. The number of carboxylic acids is 1. The highest BCUT2D eigenvalue weighted by molar-refractivity contribution is 6.42. The Balaban J connectivity index is 2.24. The zero-order valence-electron chi connectivity index (χ0n) is 14.0. The average Bonchev–Trinajstić information content (AvgIpc) is 3.08. The van der Waals surface area contributed by atoms with E-state index in [4.69, 9.17) is 23.2 Å². The number of hydrogen-bond donors (Lipinski definition) is 1. The van der Waals surface area contributed by atoms with Crippen molar-refractivity contribution in [2.45, 2.75) is 31.1 Å². The summed E-state index contributed by atoms with van der Waals surface area (Å²) in [7, 11) is 0. The Labute approximate surface area is 164 Å². The minimum Gasteiger partial charge on any atom is -0.480 e. The van der Waals surface area contributed by atoms with Gasteiger partial charge in [0.1, 0.15) is 6.04 Å². The lowest BCUT2D eigenvalue weighted by molar-refractivity contribution is -0.143. The van der Waals surface area contributed by atoms with Crippen molar-refractivity contribution in [1.82, 2.24) is 4.90 Å². The molecule has 2 aromatic carbocycles. The summed E-state index contributed by atoms with van der Waals surface area (Å²) in [5, 5.41) is 9.88. The first kappa shape index (κ1) is 20.0. The van der Waals surface area contributed by atoms with E-state index in [0.29, 0.717) is 24.9 Å². The van der Waals surface area contributed by atoms with Crippen molar-refractivity contribution in [1.29, 1.82) is 0 Å². The van der Waals surface area contributed by atoms with E-state index in [1.807, 2.05) is 0 Å². The molecular weight excluding hydrogens is 402 g/mol. The third-order valence-corrected chi connectivity index (χ3v) is 5.58. The van der Waals surface area contributed by atoms with Crippen molar-refractivity contribution in [2.24, 2.45) is 0 Å². The van der Waals surface area contributed by atoms with Gasteiger partial charge in [0.2, 0.25) is 0 Å². The summed E-state index contributed by atoms with van der Waals surface area (Å²) in [6.07, 6.45) is -3.66. The van der Waals surface area contributed by atoms with Crippen LogP contribution in [0.4, 0.5) is 13.2 Å². The Morgan fingerprint density at radius 3 is 2.44 bits per heavy atom. The summed E-state index contributed by atoms with van der Waals surface area (Å²) < 4.78 is 41.0. The molecule has 0 radical (unpaired) electrons. The standard InChI is InChI=1S/C19H16Cl2F3NO2/c20-14-8-3-6-12(16(14)21)17(25-10-4-9-15(25)18(26)27)11-5-1-2-7-13(11)19(22,23)24/h1-3,5-8,15,17H,4,9-10H2,(H,26,27). The van der Waals surface area contributed by atoms with Crippen molar-refractivity contribution in [3.63, 3.8) is 0 Å². The monoisotopic (exact) mass is 417 g/mol. The molecule has 0 spiro atoms. The first-order valence-electron chi connectivity index (χ1n) is 8.30. The van der Waals surface area contributed by atoms with Crippen molar-refractivity contribution in [2.75, 3.05) is 6.54 Å². The van der Waals surface area contributed by atoms with Gasteiger partial charge in [-0.05, 0) is 36.1 Å². The lowest BCUT2D eigenvalue weighted by Crippen LogP contribution is -2.40. The molecule has 1 fully saturated rings. The average molecular weight is 418 g/mol. The van der Waals surface area contributed by atoms with E-state index < -0.39 is 29.8 Å². The SMILES string of the molecule is O=C(O)C1CCCN1C(c1ccccc1C(F)(F)F)c1cccc(Cl)c1Cl. The maximum atomic E-state index is 13.7. The van der Waals surface area contributed by atoms with E-state index in [0.717, 1.165) is 6.07 Å². The molecule has 1 aliphatic rings. The molecule has 144 valence electrons. The fourth-order valence-electron chi connectivity index (χ4n) is 3.61. The lowest BCUT2D eigenvalue weighted by atomic mass is 9.92. The van der Waals surface area contributed by atoms with E-state index in [2.05, 4.69) is 0 Å². The number of likely N-dealkylation sites (tertiary alicyclic amines) is 1. The Morgan fingerprint density at radius 1 is 1.11 bits per heavy atom. The predicted octanol–water partition coefficient (Wildman–Crippen LogP) is 5.65. The molecular formula is C19H16Cl2F3NO2. The summed E-state index contributed by atoms with van der Waals surface area (Å²) in [5.74, 6) is -1.07. The Kier molecular flexibility index (Phi) is 5.70. The van der Waals surface area contributed by atoms with Crippen molar-refractivity contribution >= 4 is 29.2 Å². The molecule has 0 aliphatic carbocycles. The van der Waals surface area contributed by atoms with Gasteiger partial charge in [0.15, 0.2) is 0 Å². The summed E-state index contributed by atoms with van der Waals surface area (Å²) in [6, 6.07) is 8.02. The highest BCUT2D eigenvalue weighted by Crippen LogP contribution is 2.44. The van der Waals surface area contributed by atoms with Crippen LogP contribution >= 0.6 is 23.2 Å². The largest absolute Gasteiger partial charge is 0.480 e. The van der Waals surface area contributed by atoms with E-state index in [1.54, 1.807) is 23.1 Å². The predicted molar refractivity (Wildman–Crippen MR) is 97.1 cm³/mol. The number of alkyl halides is 3. The molecule has 0 saturated carbocycles. The molecule has 0 aromatic heterocycles. The summed E-state index contributed by atoms with van der Waals surface area (Å²) >= 11 is 12.4. The Bertz CT molecular complexity index is 857. The van der Waals surface area contributed by atoms with Crippen molar-refractivity contribution in [3.8, 4) is 0 Å². The first-order chi connectivity index (χ1) is 12.7. The number of benzene rings is 2. The molecule has 0 amide bonds. The van der Waals surface area contributed by atoms with E-state index >= 15 is 0 Å². The molecule has 1 aliphatic heterocycles. The van der Waals surface area contributed by atoms with Gasteiger partial charge in [0.05, 0.1) is 21.7 Å². The van der Waals surface area contributed by atoms with Gasteiger partial charge in [-0.25, -0.2) is 0 Å². The molecule has 1 heterocycles. The van der Waals surface area contributed by atoms with E-state index in [1.165, 1.54) is 18.2 Å². The second-order valence-corrected chi connectivity index (χ2v) is 7.15. The number of aliphatic carboxylic acids is 1. The fraction of sp³-hybridized carbons (Fsp3) is 0.316. The Hall–Kier alpha value is -1.76. The van der Waals surface area contributed by atoms with Crippen molar-refractivity contribution in [3.05, 3.63) is 69.2 Å². The number of nitrogens with zero attached hydrogens (tertiary/aromatic N) is 1. The molecule has 27 heavy (non-hydrogen) atoms. The van der Waals surface area contributed by atoms with Crippen LogP contribution in [0.2, 0.25) is 10.0 Å². The van der Waals surface area contributed by atoms with Gasteiger partial charge in [0, 0.05) is 6.54 Å². The fourth-order valence-corrected chi connectivity index (χ4v) is 4.02. The van der Waals surface area contributed by atoms with Gasteiger partial charge < -0.3 is 5.11 Å². The molecule has 0 bridgehead atoms. The van der Waals surface area contributed by atoms with Crippen LogP contribution in [0.5, 0.6) is 0 Å². The number of rotatable bonds is 4. The number of carboxylic acid groups (broad SMARTS) is 1. The topological polar surface area (TPSA) is 40.5 Å². The van der Waals surface area contributed by atoms with Gasteiger partial charge in [0.25, 0.3) is 0 Å². The van der Waals surface area contributed by atoms with Crippen LogP contribution in [0.1, 0.15) is 35.6 Å². The summed E-state index contributed by atoms with van der Waals surface area (Å²) in [6.45, 7) is 0.344.